The van der Waals surface area contributed by atoms with Crippen LogP contribution < -0.4 is 5.56 Å². The van der Waals surface area contributed by atoms with Crippen LogP contribution in [0.5, 0.6) is 0 Å². The fourth-order valence-electron chi connectivity index (χ4n) is 2.99. The van der Waals surface area contributed by atoms with Crippen LogP contribution in [0.3, 0.4) is 0 Å². The van der Waals surface area contributed by atoms with Crippen molar-refractivity contribution >= 4 is 21.6 Å². The third-order valence-electron chi connectivity index (χ3n) is 4.50. The van der Waals surface area contributed by atoms with Crippen LogP contribution in [-0.2, 0) is 7.05 Å². The molecule has 0 unspecified atom stereocenters. The van der Waals surface area contributed by atoms with E-state index >= 15 is 0 Å². The number of nitrogens with zero attached hydrogens (tertiary/aromatic N) is 3. The molecule has 1 fully saturated rings. The highest BCUT2D eigenvalue weighted by Gasteiger charge is 2.48. The van der Waals surface area contributed by atoms with Crippen molar-refractivity contribution in [2.75, 3.05) is 0 Å². The highest BCUT2D eigenvalue weighted by molar-refractivity contribution is 7.18. The number of fused-ring (bicyclic) bond motifs is 1. The van der Waals surface area contributed by atoms with Gasteiger partial charge in [0.05, 0.1) is 23.8 Å². The molecule has 130 valence electrons. The summed E-state index contributed by atoms with van der Waals surface area (Å²) in [6.45, 7) is 0. The number of aliphatic hydroxyl groups is 1. The number of hydrogen-bond donors (Lipinski definition) is 1. The summed E-state index contributed by atoms with van der Waals surface area (Å²) >= 11 is 1.28. The second-order valence-electron chi connectivity index (χ2n) is 6.43. The summed E-state index contributed by atoms with van der Waals surface area (Å²) in [4.78, 5) is 21.8. The second kappa shape index (κ2) is 5.67. The lowest BCUT2D eigenvalue weighted by Gasteiger charge is -2.37. The van der Waals surface area contributed by atoms with Gasteiger partial charge >= 0.3 is 0 Å². The maximum Gasteiger partial charge on any atom is 0.253 e. The lowest BCUT2D eigenvalue weighted by molar-refractivity contribution is -0.141. The number of rotatable bonds is 3. The maximum atomic E-state index is 13.0. The van der Waals surface area contributed by atoms with Crippen molar-refractivity contribution < 1.29 is 13.9 Å². The van der Waals surface area contributed by atoms with Gasteiger partial charge in [0.2, 0.25) is 5.92 Å². The summed E-state index contributed by atoms with van der Waals surface area (Å²) in [6, 6.07) is 6.78. The Labute approximate surface area is 145 Å². The van der Waals surface area contributed by atoms with E-state index in [1.165, 1.54) is 28.3 Å². The molecule has 1 N–H and O–H groups in total. The third-order valence-corrected chi connectivity index (χ3v) is 5.62. The van der Waals surface area contributed by atoms with Crippen LogP contribution >= 0.6 is 11.3 Å². The van der Waals surface area contributed by atoms with Crippen LogP contribution in [0.4, 0.5) is 8.78 Å². The molecule has 1 aliphatic carbocycles. The van der Waals surface area contributed by atoms with Crippen LogP contribution in [-0.4, -0.2) is 25.6 Å². The molecule has 8 heteroatoms. The zero-order valence-corrected chi connectivity index (χ0v) is 14.1. The Kier molecular flexibility index (Phi) is 3.69. The Morgan fingerprint density at radius 3 is 2.76 bits per heavy atom. The standard InChI is InChI=1S/C17H15F2N3O2S/c1-22-8-20-12(5-14(22)23)11-3-2-9-4-13(25-16(9)21-11)15(24)10-6-17(18,19)7-10/h2-5,8,10,15,24H,6-7H2,1H3/t15-/m0/s1. The second-order valence-corrected chi connectivity index (χ2v) is 7.49. The van der Waals surface area contributed by atoms with Gasteiger partial charge in [-0.3, -0.25) is 4.79 Å². The molecule has 4 rings (SSSR count). The SMILES string of the molecule is Cn1cnc(-c2ccc3cc([C@@H](O)C4CC(F)(F)C4)sc3n2)cc1=O. The average Bonchev–Trinajstić information content (AvgIpc) is 2.97. The Morgan fingerprint density at radius 2 is 2.08 bits per heavy atom. The van der Waals surface area contributed by atoms with E-state index in [2.05, 4.69) is 9.97 Å². The van der Waals surface area contributed by atoms with Crippen molar-refractivity contribution in [3.05, 3.63) is 45.8 Å². The van der Waals surface area contributed by atoms with Crippen LogP contribution in [0.2, 0.25) is 0 Å². The first kappa shape index (κ1) is 16.3. The molecule has 1 atom stereocenters. The van der Waals surface area contributed by atoms with Crippen molar-refractivity contribution in [3.63, 3.8) is 0 Å². The molecule has 1 aliphatic rings. The third kappa shape index (κ3) is 2.96. The zero-order valence-electron chi connectivity index (χ0n) is 13.3. The minimum Gasteiger partial charge on any atom is -0.387 e. The molecular weight excluding hydrogens is 348 g/mol. The Bertz CT molecular complexity index is 1010. The molecule has 0 saturated heterocycles. The first-order valence-electron chi connectivity index (χ1n) is 7.82. The summed E-state index contributed by atoms with van der Waals surface area (Å²) in [6.07, 6.45) is -0.0231. The van der Waals surface area contributed by atoms with Gasteiger partial charge in [-0.15, -0.1) is 11.3 Å². The van der Waals surface area contributed by atoms with Crippen molar-refractivity contribution in [1.82, 2.24) is 14.5 Å². The predicted molar refractivity (Wildman–Crippen MR) is 90.7 cm³/mol. The van der Waals surface area contributed by atoms with Crippen LogP contribution in [0, 0.1) is 5.92 Å². The van der Waals surface area contributed by atoms with Crippen molar-refractivity contribution in [1.29, 1.82) is 0 Å². The van der Waals surface area contributed by atoms with Crippen LogP contribution in [0.15, 0.2) is 35.4 Å². The molecule has 0 aliphatic heterocycles. The number of aromatic nitrogens is 3. The molecule has 3 aromatic rings. The van der Waals surface area contributed by atoms with E-state index in [0.29, 0.717) is 21.1 Å². The van der Waals surface area contributed by atoms with Gasteiger partial charge in [-0.2, -0.15) is 0 Å². The Morgan fingerprint density at radius 1 is 1.32 bits per heavy atom. The van der Waals surface area contributed by atoms with Crippen LogP contribution in [0.25, 0.3) is 21.6 Å². The quantitative estimate of drug-likeness (QED) is 0.776. The highest BCUT2D eigenvalue weighted by atomic mass is 32.1. The van der Waals surface area contributed by atoms with E-state index < -0.39 is 17.9 Å². The molecule has 5 nitrogen and oxygen atoms in total. The van der Waals surface area contributed by atoms with Gasteiger partial charge in [0.1, 0.15) is 4.83 Å². The first-order valence-corrected chi connectivity index (χ1v) is 8.63. The molecule has 3 aromatic heterocycles. The molecule has 1 saturated carbocycles. The number of aryl methyl sites for hydroxylation is 1. The molecule has 0 radical (unpaired) electrons. The van der Waals surface area contributed by atoms with Gasteiger partial charge in [0.15, 0.2) is 0 Å². The smallest absolute Gasteiger partial charge is 0.253 e. The highest BCUT2D eigenvalue weighted by Crippen LogP contribution is 2.49. The summed E-state index contributed by atoms with van der Waals surface area (Å²) in [5.74, 6) is -3.07. The molecule has 0 aromatic carbocycles. The van der Waals surface area contributed by atoms with Crippen LogP contribution in [0.1, 0.15) is 23.8 Å². The van der Waals surface area contributed by atoms with E-state index in [4.69, 9.17) is 0 Å². The number of hydrogen-bond acceptors (Lipinski definition) is 5. The van der Waals surface area contributed by atoms with Crippen molar-refractivity contribution in [2.45, 2.75) is 24.9 Å². The van der Waals surface area contributed by atoms with E-state index in [0.717, 1.165) is 5.39 Å². The normalized spacial score (nSPS) is 18.2. The molecule has 0 spiro atoms. The summed E-state index contributed by atoms with van der Waals surface area (Å²) in [5, 5.41) is 11.2. The monoisotopic (exact) mass is 363 g/mol. The summed E-state index contributed by atoms with van der Waals surface area (Å²) in [5.41, 5.74) is 0.850. The lowest BCUT2D eigenvalue weighted by atomic mass is 9.77. The lowest BCUT2D eigenvalue weighted by Crippen LogP contribution is -2.38. The predicted octanol–water partition coefficient (Wildman–Crippen LogP) is 3.14. The number of aliphatic hydroxyl groups excluding tert-OH is 1. The summed E-state index contributed by atoms with van der Waals surface area (Å²) in [7, 11) is 1.62. The van der Waals surface area contributed by atoms with Gasteiger partial charge in [0.25, 0.3) is 5.56 Å². The largest absolute Gasteiger partial charge is 0.387 e. The zero-order chi connectivity index (χ0) is 17.8. The van der Waals surface area contributed by atoms with Gasteiger partial charge in [0, 0.05) is 42.1 Å². The van der Waals surface area contributed by atoms with E-state index in [1.807, 2.05) is 6.07 Å². The average molecular weight is 363 g/mol. The van der Waals surface area contributed by atoms with Crippen molar-refractivity contribution in [2.24, 2.45) is 13.0 Å². The molecule has 0 bridgehead atoms. The Hall–Kier alpha value is -2.19. The molecule has 0 amide bonds. The number of halogens is 2. The van der Waals surface area contributed by atoms with E-state index in [-0.39, 0.29) is 18.4 Å². The van der Waals surface area contributed by atoms with Gasteiger partial charge in [-0.05, 0) is 18.2 Å². The van der Waals surface area contributed by atoms with Gasteiger partial charge in [-0.1, -0.05) is 0 Å². The van der Waals surface area contributed by atoms with Gasteiger partial charge in [-0.25, -0.2) is 18.7 Å². The fourth-order valence-corrected chi connectivity index (χ4v) is 4.10. The first-order chi connectivity index (χ1) is 11.8. The molecular formula is C17H15F2N3O2S. The number of thiophene rings is 1. The minimum absolute atomic E-state index is 0.180. The topological polar surface area (TPSA) is 68.0 Å². The number of pyridine rings is 1. The number of alkyl halides is 2. The minimum atomic E-state index is -2.65. The van der Waals surface area contributed by atoms with E-state index in [1.54, 1.807) is 19.2 Å². The molecule has 25 heavy (non-hydrogen) atoms. The Balaban J connectivity index is 1.65. The summed E-state index contributed by atoms with van der Waals surface area (Å²) < 4.78 is 27.4. The molecule has 3 heterocycles. The van der Waals surface area contributed by atoms with Gasteiger partial charge < -0.3 is 9.67 Å². The fraction of sp³-hybridized carbons (Fsp3) is 0.353. The maximum absolute atomic E-state index is 13.0. The van der Waals surface area contributed by atoms with Crippen molar-refractivity contribution in [3.8, 4) is 11.4 Å². The van der Waals surface area contributed by atoms with E-state index in [9.17, 15) is 18.7 Å².